The number of aromatic nitrogens is 1. The minimum absolute atomic E-state index is 0.0349. The second-order valence-electron chi connectivity index (χ2n) is 8.39. The van der Waals surface area contributed by atoms with Gasteiger partial charge in [-0.15, -0.1) is 0 Å². The van der Waals surface area contributed by atoms with Gasteiger partial charge < -0.3 is 29.0 Å². The molecule has 1 N–H and O–H groups in total. The number of aryl methyl sites for hydroxylation is 1. The van der Waals surface area contributed by atoms with E-state index in [2.05, 4.69) is 34.3 Å². The molecule has 0 spiro atoms. The second-order valence-corrected chi connectivity index (χ2v) is 8.39. The highest BCUT2D eigenvalue weighted by molar-refractivity contribution is 5.90. The third-order valence-corrected chi connectivity index (χ3v) is 6.21. The Morgan fingerprint density at radius 2 is 1.85 bits per heavy atom. The van der Waals surface area contributed by atoms with Crippen LogP contribution in [0.15, 0.2) is 42.6 Å². The molecule has 1 aromatic heterocycles. The first-order valence-electron chi connectivity index (χ1n) is 11.4. The van der Waals surface area contributed by atoms with E-state index in [0.717, 1.165) is 23.1 Å². The number of rotatable bonds is 7. The van der Waals surface area contributed by atoms with Gasteiger partial charge in [-0.25, -0.2) is 9.59 Å². The standard InChI is InChI=1S/C26H31N3O5/c1-28-17-21(15-19-5-6-20(25(30)33-3)16-24(19)32-2)22-14-18(4-7-23(22)28)8-9-27-26(31)29-10-12-34-13-11-29/h4-7,14,16-17H,8-13,15H2,1-3H3,(H,27,31). The van der Waals surface area contributed by atoms with Crippen molar-refractivity contribution in [1.29, 1.82) is 0 Å². The first kappa shape index (κ1) is 23.6. The molecule has 2 heterocycles. The van der Waals surface area contributed by atoms with E-state index in [4.69, 9.17) is 14.2 Å². The smallest absolute Gasteiger partial charge is 0.337 e. The number of esters is 1. The number of methoxy groups -OCH3 is 2. The fraction of sp³-hybridized carbons (Fsp3) is 0.385. The number of carbonyl (C=O) groups is 2. The maximum absolute atomic E-state index is 12.3. The SMILES string of the molecule is COC(=O)c1ccc(Cc2cn(C)c3ccc(CCNC(=O)N4CCOCC4)cc23)c(OC)c1. The summed E-state index contributed by atoms with van der Waals surface area (Å²) in [5.74, 6) is 0.266. The number of urea groups is 1. The second kappa shape index (κ2) is 10.6. The van der Waals surface area contributed by atoms with E-state index >= 15 is 0 Å². The molecule has 1 saturated heterocycles. The topological polar surface area (TPSA) is 82.0 Å². The third kappa shape index (κ3) is 5.17. The lowest BCUT2D eigenvalue weighted by Gasteiger charge is -2.26. The van der Waals surface area contributed by atoms with Crippen LogP contribution in [0.25, 0.3) is 10.9 Å². The predicted molar refractivity (Wildman–Crippen MR) is 130 cm³/mol. The minimum Gasteiger partial charge on any atom is -0.496 e. The molecule has 0 aliphatic carbocycles. The van der Waals surface area contributed by atoms with Gasteiger partial charge in [0.15, 0.2) is 0 Å². The van der Waals surface area contributed by atoms with Crippen molar-refractivity contribution in [3.63, 3.8) is 0 Å². The van der Waals surface area contributed by atoms with Gasteiger partial charge in [0.05, 0.1) is 33.0 Å². The Labute approximate surface area is 199 Å². The molecule has 34 heavy (non-hydrogen) atoms. The van der Waals surface area contributed by atoms with Crippen LogP contribution in [-0.2, 0) is 29.4 Å². The van der Waals surface area contributed by atoms with E-state index in [1.807, 2.05) is 13.1 Å². The molecule has 0 saturated carbocycles. The van der Waals surface area contributed by atoms with Crippen molar-refractivity contribution in [3.8, 4) is 5.75 Å². The van der Waals surface area contributed by atoms with Gasteiger partial charge in [-0.3, -0.25) is 0 Å². The van der Waals surface area contributed by atoms with Gasteiger partial charge in [0, 0.05) is 50.2 Å². The first-order chi connectivity index (χ1) is 16.5. The number of ether oxygens (including phenoxy) is 3. The highest BCUT2D eigenvalue weighted by Gasteiger charge is 2.17. The number of nitrogens with one attached hydrogen (secondary N) is 1. The van der Waals surface area contributed by atoms with Gasteiger partial charge in [0.1, 0.15) is 5.75 Å². The van der Waals surface area contributed by atoms with Gasteiger partial charge in [0.25, 0.3) is 0 Å². The molecule has 8 nitrogen and oxygen atoms in total. The summed E-state index contributed by atoms with van der Waals surface area (Å²) in [5.41, 5.74) is 4.92. The van der Waals surface area contributed by atoms with Crippen molar-refractivity contribution in [2.24, 2.45) is 7.05 Å². The van der Waals surface area contributed by atoms with E-state index in [1.54, 1.807) is 24.1 Å². The van der Waals surface area contributed by atoms with Crippen molar-refractivity contribution in [2.45, 2.75) is 12.8 Å². The zero-order valence-electron chi connectivity index (χ0n) is 19.9. The fourth-order valence-electron chi connectivity index (χ4n) is 4.35. The van der Waals surface area contributed by atoms with E-state index in [0.29, 0.717) is 50.6 Å². The van der Waals surface area contributed by atoms with Crippen molar-refractivity contribution in [3.05, 3.63) is 64.8 Å². The molecule has 4 rings (SSSR count). The van der Waals surface area contributed by atoms with Crippen LogP contribution in [0.3, 0.4) is 0 Å². The van der Waals surface area contributed by atoms with E-state index in [1.165, 1.54) is 18.1 Å². The third-order valence-electron chi connectivity index (χ3n) is 6.21. The summed E-state index contributed by atoms with van der Waals surface area (Å²) in [6.45, 7) is 3.03. The lowest BCUT2D eigenvalue weighted by atomic mass is 10.00. The van der Waals surface area contributed by atoms with Crippen molar-refractivity contribution in [1.82, 2.24) is 14.8 Å². The number of benzene rings is 2. The number of fused-ring (bicyclic) bond motifs is 1. The Morgan fingerprint density at radius 1 is 1.06 bits per heavy atom. The molecule has 1 fully saturated rings. The van der Waals surface area contributed by atoms with Gasteiger partial charge in [-0.2, -0.15) is 0 Å². The number of carbonyl (C=O) groups excluding carboxylic acids is 2. The van der Waals surface area contributed by atoms with E-state index < -0.39 is 0 Å². The van der Waals surface area contributed by atoms with Crippen LogP contribution in [0.2, 0.25) is 0 Å². The first-order valence-corrected chi connectivity index (χ1v) is 11.4. The molecular weight excluding hydrogens is 434 g/mol. The Kier molecular flexibility index (Phi) is 7.37. The molecule has 0 bridgehead atoms. The van der Waals surface area contributed by atoms with Crippen LogP contribution in [0, 0.1) is 0 Å². The maximum atomic E-state index is 12.3. The Hall–Kier alpha value is -3.52. The Bertz CT molecular complexity index is 1180. The molecule has 8 heteroatoms. The van der Waals surface area contributed by atoms with Crippen LogP contribution in [0.5, 0.6) is 5.75 Å². The predicted octanol–water partition coefficient (Wildman–Crippen LogP) is 3.15. The van der Waals surface area contributed by atoms with Crippen LogP contribution in [0.4, 0.5) is 4.79 Å². The summed E-state index contributed by atoms with van der Waals surface area (Å²) >= 11 is 0. The summed E-state index contributed by atoms with van der Waals surface area (Å²) in [6.07, 6.45) is 3.54. The highest BCUT2D eigenvalue weighted by Crippen LogP contribution is 2.29. The largest absolute Gasteiger partial charge is 0.496 e. The van der Waals surface area contributed by atoms with Crippen LogP contribution in [0.1, 0.15) is 27.0 Å². The zero-order valence-corrected chi connectivity index (χ0v) is 19.9. The average Bonchev–Trinajstić information content (AvgIpc) is 3.18. The number of amides is 2. The van der Waals surface area contributed by atoms with Crippen molar-refractivity contribution >= 4 is 22.9 Å². The molecule has 2 amide bonds. The molecule has 0 atom stereocenters. The van der Waals surface area contributed by atoms with Crippen molar-refractivity contribution < 1.29 is 23.8 Å². The minimum atomic E-state index is -0.389. The zero-order chi connectivity index (χ0) is 24.1. The van der Waals surface area contributed by atoms with Gasteiger partial charge in [0.2, 0.25) is 0 Å². The summed E-state index contributed by atoms with van der Waals surface area (Å²) < 4.78 is 17.8. The summed E-state index contributed by atoms with van der Waals surface area (Å²) in [4.78, 5) is 26.0. The monoisotopic (exact) mass is 465 g/mol. The summed E-state index contributed by atoms with van der Waals surface area (Å²) in [6, 6.07) is 11.8. The van der Waals surface area contributed by atoms with E-state index in [-0.39, 0.29) is 12.0 Å². The molecule has 0 unspecified atom stereocenters. The van der Waals surface area contributed by atoms with Gasteiger partial charge >= 0.3 is 12.0 Å². The molecule has 1 aliphatic heterocycles. The summed E-state index contributed by atoms with van der Waals surface area (Å²) in [7, 11) is 5.00. The van der Waals surface area contributed by atoms with Crippen molar-refractivity contribution in [2.75, 3.05) is 47.1 Å². The molecule has 0 radical (unpaired) electrons. The number of nitrogens with zero attached hydrogens (tertiary/aromatic N) is 2. The number of hydrogen-bond donors (Lipinski definition) is 1. The maximum Gasteiger partial charge on any atom is 0.337 e. The number of hydrogen-bond acceptors (Lipinski definition) is 5. The van der Waals surface area contributed by atoms with Crippen LogP contribution >= 0.6 is 0 Å². The van der Waals surface area contributed by atoms with Gasteiger partial charge in [-0.05, 0) is 47.4 Å². The molecule has 1 aliphatic rings. The molecular formula is C26H31N3O5. The quantitative estimate of drug-likeness (QED) is 0.542. The Morgan fingerprint density at radius 3 is 2.59 bits per heavy atom. The lowest BCUT2D eigenvalue weighted by molar-refractivity contribution is 0.0533. The Balaban J connectivity index is 1.49. The fourth-order valence-corrected chi connectivity index (χ4v) is 4.35. The average molecular weight is 466 g/mol. The highest BCUT2D eigenvalue weighted by atomic mass is 16.5. The molecule has 2 aromatic carbocycles. The molecule has 180 valence electrons. The normalized spacial score (nSPS) is 13.7. The van der Waals surface area contributed by atoms with Crippen LogP contribution in [-0.4, -0.2) is 68.5 Å². The number of morpholine rings is 1. The van der Waals surface area contributed by atoms with E-state index in [9.17, 15) is 9.59 Å². The van der Waals surface area contributed by atoms with Crippen LogP contribution < -0.4 is 10.1 Å². The molecule has 3 aromatic rings. The summed E-state index contributed by atoms with van der Waals surface area (Å²) in [5, 5.41) is 4.18. The lowest BCUT2D eigenvalue weighted by Crippen LogP contribution is -2.46. The van der Waals surface area contributed by atoms with Gasteiger partial charge in [-0.1, -0.05) is 12.1 Å².